The molecular formula is C29H38N4O3. The molecule has 1 aromatic carbocycles. The first-order valence-corrected chi connectivity index (χ1v) is 13.2. The number of hydrogen-bond donors (Lipinski definition) is 2. The molecule has 1 aliphatic carbocycles. The van der Waals surface area contributed by atoms with E-state index in [4.69, 9.17) is 4.52 Å². The lowest BCUT2D eigenvalue weighted by Gasteiger charge is -2.55. The predicted molar refractivity (Wildman–Crippen MR) is 138 cm³/mol. The highest BCUT2D eigenvalue weighted by Gasteiger charge is 2.55. The van der Waals surface area contributed by atoms with Crippen LogP contribution in [-0.4, -0.2) is 50.4 Å². The van der Waals surface area contributed by atoms with Crippen LogP contribution in [0.25, 0.3) is 11.4 Å². The highest BCUT2D eigenvalue weighted by Crippen LogP contribution is 2.50. The third-order valence-electron chi connectivity index (χ3n) is 8.31. The highest BCUT2D eigenvalue weighted by atomic mass is 16.5. The van der Waals surface area contributed by atoms with E-state index in [1.165, 1.54) is 12.0 Å². The molecule has 192 valence electrons. The van der Waals surface area contributed by atoms with Gasteiger partial charge in [-0.15, -0.1) is 0 Å². The monoisotopic (exact) mass is 490 g/mol. The standard InChI is InChI=1S/C29H38N4O3/c1-19(2)20-10-12-23(13-11-20)29(35,28(3)17-33(4)18-28)24-14-22(15-30-16-24)26-31-27(36-32-26)25(34)21-8-6-5-7-9-21/h10-16,19,21,25,34-35H,5-9,17-18H2,1-4H3/t25-,29+/m1/s1. The summed E-state index contributed by atoms with van der Waals surface area (Å²) >= 11 is 0. The number of aromatic nitrogens is 3. The molecule has 2 N–H and O–H groups in total. The summed E-state index contributed by atoms with van der Waals surface area (Å²) in [5.41, 5.74) is 1.81. The van der Waals surface area contributed by atoms with E-state index in [-0.39, 0.29) is 17.2 Å². The van der Waals surface area contributed by atoms with Gasteiger partial charge in [0.25, 0.3) is 5.89 Å². The Hall–Kier alpha value is -2.61. The van der Waals surface area contributed by atoms with Gasteiger partial charge in [-0.25, -0.2) is 0 Å². The molecule has 1 aliphatic heterocycles. The van der Waals surface area contributed by atoms with Gasteiger partial charge in [-0.2, -0.15) is 4.98 Å². The van der Waals surface area contributed by atoms with Crippen LogP contribution in [0.15, 0.2) is 47.2 Å². The van der Waals surface area contributed by atoms with Gasteiger partial charge in [-0.05, 0) is 48.9 Å². The predicted octanol–water partition coefficient (Wildman–Crippen LogP) is 5.06. The Balaban J connectivity index is 1.50. The lowest BCUT2D eigenvalue weighted by atomic mass is 9.62. The molecule has 7 nitrogen and oxygen atoms in total. The second kappa shape index (κ2) is 9.69. The van der Waals surface area contributed by atoms with E-state index in [0.717, 1.165) is 44.3 Å². The van der Waals surface area contributed by atoms with E-state index in [9.17, 15) is 10.2 Å². The largest absolute Gasteiger partial charge is 0.383 e. The zero-order valence-electron chi connectivity index (χ0n) is 21.8. The quantitative estimate of drug-likeness (QED) is 0.478. The maximum Gasteiger partial charge on any atom is 0.256 e. The van der Waals surface area contributed by atoms with Gasteiger partial charge in [0.2, 0.25) is 5.82 Å². The van der Waals surface area contributed by atoms with Crippen LogP contribution in [0.1, 0.15) is 87.5 Å². The van der Waals surface area contributed by atoms with Crippen LogP contribution in [0, 0.1) is 11.3 Å². The third-order valence-corrected chi connectivity index (χ3v) is 8.31. The normalized spacial score (nSPS) is 21.2. The second-order valence-electron chi connectivity index (χ2n) is 11.5. The fourth-order valence-corrected chi connectivity index (χ4v) is 6.23. The van der Waals surface area contributed by atoms with Crippen molar-refractivity contribution in [3.63, 3.8) is 0 Å². The summed E-state index contributed by atoms with van der Waals surface area (Å²) < 4.78 is 5.49. The molecule has 36 heavy (non-hydrogen) atoms. The van der Waals surface area contributed by atoms with Crippen molar-refractivity contribution >= 4 is 0 Å². The van der Waals surface area contributed by atoms with Gasteiger partial charge in [0.15, 0.2) is 0 Å². The lowest BCUT2D eigenvalue weighted by molar-refractivity contribution is -0.127. The summed E-state index contributed by atoms with van der Waals surface area (Å²) in [7, 11) is 2.07. The van der Waals surface area contributed by atoms with E-state index >= 15 is 0 Å². The van der Waals surface area contributed by atoms with Gasteiger partial charge in [0.05, 0.1) is 0 Å². The highest BCUT2D eigenvalue weighted by molar-refractivity contribution is 5.56. The van der Waals surface area contributed by atoms with E-state index in [0.29, 0.717) is 22.9 Å². The van der Waals surface area contributed by atoms with Crippen LogP contribution >= 0.6 is 0 Å². The number of aliphatic hydroxyl groups is 2. The van der Waals surface area contributed by atoms with Crippen molar-refractivity contribution in [1.82, 2.24) is 20.0 Å². The summed E-state index contributed by atoms with van der Waals surface area (Å²) in [5, 5.41) is 27.4. The van der Waals surface area contributed by atoms with Crippen LogP contribution in [0.3, 0.4) is 0 Å². The van der Waals surface area contributed by atoms with Crippen molar-refractivity contribution in [2.45, 2.75) is 70.5 Å². The SMILES string of the molecule is CC(C)c1ccc([C@](O)(c2cncc(-c3noc([C@H](O)C4CCCCC4)n3)c2)C2(C)CN(C)C2)cc1. The summed E-state index contributed by atoms with van der Waals surface area (Å²) in [5.74, 6) is 1.21. The van der Waals surface area contributed by atoms with E-state index in [2.05, 4.69) is 60.0 Å². The zero-order chi connectivity index (χ0) is 25.5. The van der Waals surface area contributed by atoms with E-state index in [1.54, 1.807) is 12.4 Å². The number of pyridine rings is 1. The van der Waals surface area contributed by atoms with Gasteiger partial charge in [0, 0.05) is 42.0 Å². The van der Waals surface area contributed by atoms with E-state index < -0.39 is 11.7 Å². The number of rotatable bonds is 7. The molecule has 1 saturated carbocycles. The fourth-order valence-electron chi connectivity index (χ4n) is 6.23. The second-order valence-corrected chi connectivity index (χ2v) is 11.5. The number of aliphatic hydroxyl groups excluding tert-OH is 1. The molecule has 2 aliphatic rings. The molecule has 2 aromatic heterocycles. The van der Waals surface area contributed by atoms with Crippen molar-refractivity contribution in [3.05, 3.63) is 65.3 Å². The molecule has 0 amide bonds. The molecule has 0 unspecified atom stereocenters. The molecule has 5 rings (SSSR count). The molecule has 7 heteroatoms. The molecular weight excluding hydrogens is 452 g/mol. The van der Waals surface area contributed by atoms with Crippen LogP contribution < -0.4 is 0 Å². The first kappa shape index (κ1) is 25.1. The topological polar surface area (TPSA) is 95.5 Å². The van der Waals surface area contributed by atoms with Gasteiger partial charge in [0.1, 0.15) is 11.7 Å². The minimum atomic E-state index is -1.24. The maximum atomic E-state index is 12.4. The number of benzene rings is 1. The molecule has 1 saturated heterocycles. The molecule has 2 atom stereocenters. The smallest absolute Gasteiger partial charge is 0.256 e. The van der Waals surface area contributed by atoms with Crippen molar-refractivity contribution in [1.29, 1.82) is 0 Å². The van der Waals surface area contributed by atoms with E-state index in [1.807, 2.05) is 18.2 Å². The average molecular weight is 491 g/mol. The zero-order valence-corrected chi connectivity index (χ0v) is 21.8. The maximum absolute atomic E-state index is 12.4. The summed E-state index contributed by atoms with van der Waals surface area (Å²) in [6.07, 6.45) is 8.09. The summed E-state index contributed by atoms with van der Waals surface area (Å²) in [6, 6.07) is 10.2. The van der Waals surface area contributed by atoms with Crippen molar-refractivity contribution in [2.24, 2.45) is 11.3 Å². The molecule has 3 aromatic rings. The number of hydrogen-bond acceptors (Lipinski definition) is 7. The van der Waals surface area contributed by atoms with Crippen LogP contribution in [0.4, 0.5) is 0 Å². The van der Waals surface area contributed by atoms with Gasteiger partial charge in [-0.1, -0.05) is 69.5 Å². The van der Waals surface area contributed by atoms with Gasteiger partial charge < -0.3 is 19.6 Å². The van der Waals surface area contributed by atoms with Crippen molar-refractivity contribution in [2.75, 3.05) is 20.1 Å². The Morgan fingerprint density at radius 1 is 1.06 bits per heavy atom. The fraction of sp³-hybridized carbons (Fsp3) is 0.552. The Morgan fingerprint density at radius 3 is 2.39 bits per heavy atom. The molecule has 2 fully saturated rings. The van der Waals surface area contributed by atoms with Crippen molar-refractivity contribution in [3.8, 4) is 11.4 Å². The lowest BCUT2D eigenvalue weighted by Crippen LogP contribution is -2.63. The van der Waals surface area contributed by atoms with Crippen LogP contribution in [0.5, 0.6) is 0 Å². The Kier molecular flexibility index (Phi) is 6.74. The van der Waals surface area contributed by atoms with Gasteiger partial charge in [-0.3, -0.25) is 4.98 Å². The number of likely N-dealkylation sites (tertiary alicyclic amines) is 1. The summed E-state index contributed by atoms with van der Waals surface area (Å²) in [6.45, 7) is 7.99. The average Bonchev–Trinajstić information content (AvgIpc) is 3.38. The minimum Gasteiger partial charge on any atom is -0.383 e. The molecule has 0 spiro atoms. The Bertz CT molecular complexity index is 1180. The first-order chi connectivity index (χ1) is 17.2. The Labute approximate surface area is 213 Å². The van der Waals surface area contributed by atoms with Gasteiger partial charge >= 0.3 is 0 Å². The Morgan fingerprint density at radius 2 is 1.75 bits per heavy atom. The third kappa shape index (κ3) is 4.38. The van der Waals surface area contributed by atoms with Crippen LogP contribution in [-0.2, 0) is 5.60 Å². The summed E-state index contributed by atoms with van der Waals surface area (Å²) in [4.78, 5) is 11.2. The van der Waals surface area contributed by atoms with Crippen LogP contribution in [0.2, 0.25) is 0 Å². The molecule has 0 radical (unpaired) electrons. The minimum absolute atomic E-state index is 0.158. The molecule has 0 bridgehead atoms. The number of nitrogens with zero attached hydrogens (tertiary/aromatic N) is 4. The first-order valence-electron chi connectivity index (χ1n) is 13.2. The van der Waals surface area contributed by atoms with Crippen molar-refractivity contribution < 1.29 is 14.7 Å². The molecule has 3 heterocycles.